The van der Waals surface area contributed by atoms with Gasteiger partial charge < -0.3 is 19.1 Å². The number of nitriles is 1. The molecule has 0 amide bonds. The van der Waals surface area contributed by atoms with Gasteiger partial charge in [0, 0.05) is 44.1 Å². The van der Waals surface area contributed by atoms with Crippen LogP contribution in [0.5, 0.6) is 11.5 Å². The Labute approximate surface area is 226 Å². The number of nitrogens with one attached hydrogen (secondary N) is 1. The minimum absolute atomic E-state index is 0.0574. The van der Waals surface area contributed by atoms with Gasteiger partial charge in [-0.2, -0.15) is 5.26 Å². The van der Waals surface area contributed by atoms with Crippen LogP contribution in [0.4, 0.5) is 0 Å². The van der Waals surface area contributed by atoms with Gasteiger partial charge in [-0.15, -0.1) is 0 Å². The third kappa shape index (κ3) is 7.36. The molecule has 1 aliphatic heterocycles. The van der Waals surface area contributed by atoms with E-state index in [2.05, 4.69) is 15.8 Å². The van der Waals surface area contributed by atoms with Crippen LogP contribution >= 0.6 is 0 Å². The van der Waals surface area contributed by atoms with Crippen LogP contribution in [-0.2, 0) is 22.1 Å². The van der Waals surface area contributed by atoms with E-state index >= 15 is 0 Å². The number of ether oxygens (including phenoxy) is 3. The molecule has 1 atom stereocenters. The average molecular weight is 536 g/mol. The molecule has 2 aromatic carbocycles. The smallest absolute Gasteiger partial charge is 0.137 e. The normalized spacial score (nSPS) is 14.7. The maximum absolute atomic E-state index is 12.7. The fraction of sp³-hybridized carbons (Fsp3) is 0.393. The highest BCUT2D eigenvalue weighted by atomic mass is 32.2. The molecule has 1 fully saturated rings. The Hall–Kier alpha value is -3.36. The molecule has 3 aromatic rings. The summed E-state index contributed by atoms with van der Waals surface area (Å²) in [5.41, 5.74) is 2.95. The van der Waals surface area contributed by atoms with Gasteiger partial charge >= 0.3 is 0 Å². The predicted octanol–water partition coefficient (Wildman–Crippen LogP) is 3.35. The molecule has 1 unspecified atom stereocenters. The first-order chi connectivity index (χ1) is 18.5. The number of hydrogen-bond donors (Lipinski definition) is 1. The number of nitrogens with zero attached hydrogens (tertiary/aromatic N) is 4. The minimum atomic E-state index is -1.38. The first-order valence-corrected chi connectivity index (χ1v) is 13.7. The van der Waals surface area contributed by atoms with Crippen LogP contribution in [0.15, 0.2) is 53.6 Å². The van der Waals surface area contributed by atoms with Gasteiger partial charge in [-0.05, 0) is 56.1 Å². The first kappa shape index (κ1) is 27.7. The zero-order valence-corrected chi connectivity index (χ0v) is 22.8. The summed E-state index contributed by atoms with van der Waals surface area (Å²) >= 11 is 0. The summed E-state index contributed by atoms with van der Waals surface area (Å²) in [5.74, 6) is 1.76. The summed E-state index contributed by atoms with van der Waals surface area (Å²) in [6.07, 6.45) is 3.88. The Morgan fingerprint density at radius 1 is 1.16 bits per heavy atom. The molecule has 0 spiro atoms. The number of methoxy groups -OCH3 is 1. The second-order valence-electron chi connectivity index (χ2n) is 9.24. The third-order valence-electron chi connectivity index (χ3n) is 6.15. The fourth-order valence-electron chi connectivity index (χ4n) is 4.10. The van der Waals surface area contributed by atoms with Crippen LogP contribution in [0.3, 0.4) is 0 Å². The summed E-state index contributed by atoms with van der Waals surface area (Å²) in [7, 11) is 4.13. The molecule has 200 valence electrons. The Balaban J connectivity index is 1.48. The Morgan fingerprint density at radius 3 is 2.71 bits per heavy atom. The van der Waals surface area contributed by atoms with Gasteiger partial charge in [-0.3, -0.25) is 0 Å². The molecule has 38 heavy (non-hydrogen) atoms. The van der Waals surface area contributed by atoms with Crippen LogP contribution < -0.4 is 14.2 Å². The molecular formula is C28H33N5O4S. The molecule has 1 aromatic heterocycles. The molecule has 10 heteroatoms. The molecule has 1 N–H and O–H groups in total. The zero-order valence-electron chi connectivity index (χ0n) is 22.0. The van der Waals surface area contributed by atoms with Gasteiger partial charge in [0.15, 0.2) is 0 Å². The van der Waals surface area contributed by atoms with Crippen molar-refractivity contribution in [3.05, 3.63) is 65.6 Å². The lowest BCUT2D eigenvalue weighted by Crippen LogP contribution is -2.28. The van der Waals surface area contributed by atoms with Gasteiger partial charge in [0.2, 0.25) is 0 Å². The average Bonchev–Trinajstić information content (AvgIpc) is 2.93. The summed E-state index contributed by atoms with van der Waals surface area (Å²) in [6, 6.07) is 15.2. The first-order valence-electron chi connectivity index (χ1n) is 12.5. The molecule has 4 rings (SSSR count). The van der Waals surface area contributed by atoms with Gasteiger partial charge in [-0.1, -0.05) is 6.07 Å². The van der Waals surface area contributed by atoms with Crippen molar-refractivity contribution in [2.45, 2.75) is 30.3 Å². The highest BCUT2D eigenvalue weighted by molar-refractivity contribution is 7.83. The molecule has 1 aliphatic rings. The number of benzene rings is 2. The summed E-state index contributed by atoms with van der Waals surface area (Å²) in [4.78, 5) is 11.8. The summed E-state index contributed by atoms with van der Waals surface area (Å²) < 4.78 is 32.7. The summed E-state index contributed by atoms with van der Waals surface area (Å²) in [6.45, 7) is 2.73. The maximum atomic E-state index is 12.7. The van der Waals surface area contributed by atoms with E-state index in [9.17, 15) is 9.47 Å². The molecule has 1 saturated heterocycles. The summed E-state index contributed by atoms with van der Waals surface area (Å²) in [5, 5.41) is 9.72. The lowest BCUT2D eigenvalue weighted by Gasteiger charge is -2.23. The van der Waals surface area contributed by atoms with Gasteiger partial charge in [0.1, 0.15) is 40.5 Å². The van der Waals surface area contributed by atoms with Crippen LogP contribution in [0.2, 0.25) is 0 Å². The maximum Gasteiger partial charge on any atom is 0.137 e. The van der Waals surface area contributed by atoms with E-state index in [0.29, 0.717) is 54.0 Å². The lowest BCUT2D eigenvalue weighted by atomic mass is 10.1. The van der Waals surface area contributed by atoms with E-state index < -0.39 is 11.0 Å². The third-order valence-corrected chi connectivity index (χ3v) is 7.35. The fourth-order valence-corrected chi connectivity index (χ4v) is 5.04. The van der Waals surface area contributed by atoms with E-state index in [1.165, 1.54) is 0 Å². The van der Waals surface area contributed by atoms with Crippen molar-refractivity contribution in [1.29, 1.82) is 5.26 Å². The number of rotatable bonds is 11. The molecule has 0 aliphatic carbocycles. The monoisotopic (exact) mass is 535 g/mol. The van der Waals surface area contributed by atoms with Crippen LogP contribution in [-0.4, -0.2) is 72.7 Å². The topological polar surface area (TPSA) is 110 Å². The van der Waals surface area contributed by atoms with Crippen LogP contribution in [0.1, 0.15) is 29.8 Å². The van der Waals surface area contributed by atoms with Crippen molar-refractivity contribution in [2.75, 3.05) is 47.5 Å². The van der Waals surface area contributed by atoms with E-state index in [-0.39, 0.29) is 6.10 Å². The van der Waals surface area contributed by atoms with Gasteiger partial charge in [-0.25, -0.2) is 18.9 Å². The van der Waals surface area contributed by atoms with Crippen molar-refractivity contribution in [1.82, 2.24) is 19.6 Å². The van der Waals surface area contributed by atoms with E-state index in [1.54, 1.807) is 19.4 Å². The Bertz CT molecular complexity index is 1300. The molecule has 9 nitrogen and oxygen atoms in total. The molecule has 0 saturated carbocycles. The van der Waals surface area contributed by atoms with E-state index in [1.807, 2.05) is 55.4 Å². The van der Waals surface area contributed by atoms with Crippen molar-refractivity contribution in [3.63, 3.8) is 0 Å². The second kappa shape index (κ2) is 13.4. The number of hydrogen-bond acceptors (Lipinski definition) is 8. The molecular weight excluding hydrogens is 502 g/mol. The van der Waals surface area contributed by atoms with E-state index in [4.69, 9.17) is 19.2 Å². The predicted molar refractivity (Wildman–Crippen MR) is 145 cm³/mol. The quantitative estimate of drug-likeness (QED) is 0.398. The molecule has 0 radical (unpaired) electrons. The van der Waals surface area contributed by atoms with Crippen molar-refractivity contribution < 1.29 is 18.4 Å². The van der Waals surface area contributed by atoms with Crippen LogP contribution in [0.25, 0.3) is 11.3 Å². The SMILES string of the molecule is COc1cc(Cc2nccc(-c3ccc(OC4CCOCC4)c(C#N)c3)n2)ccc1S(=O)NCCN(C)C. The Morgan fingerprint density at radius 2 is 1.97 bits per heavy atom. The van der Waals surface area contributed by atoms with Crippen LogP contribution in [0, 0.1) is 11.3 Å². The second-order valence-corrected chi connectivity index (χ2v) is 10.5. The zero-order chi connectivity index (χ0) is 26.9. The minimum Gasteiger partial charge on any atom is -0.495 e. The number of likely N-dealkylation sites (N-methyl/N-ethyl adjacent to an activating group) is 1. The lowest BCUT2D eigenvalue weighted by molar-refractivity contribution is 0.0254. The largest absolute Gasteiger partial charge is 0.495 e. The molecule has 2 heterocycles. The van der Waals surface area contributed by atoms with Crippen molar-refractivity contribution in [3.8, 4) is 28.8 Å². The highest BCUT2D eigenvalue weighted by Crippen LogP contribution is 2.28. The Kier molecular flexibility index (Phi) is 9.79. The van der Waals surface area contributed by atoms with E-state index in [0.717, 1.165) is 36.2 Å². The highest BCUT2D eigenvalue weighted by Gasteiger charge is 2.18. The van der Waals surface area contributed by atoms with Gasteiger partial charge in [0.05, 0.1) is 36.5 Å². The number of aromatic nitrogens is 2. The molecule has 0 bridgehead atoms. The van der Waals surface area contributed by atoms with Gasteiger partial charge in [0.25, 0.3) is 0 Å². The van der Waals surface area contributed by atoms with Crippen molar-refractivity contribution >= 4 is 11.0 Å². The standard InChI is InChI=1S/C28H33N5O4S/c1-33(2)13-12-31-38(34)27-7-4-20(16-26(27)35-3)17-28-30-11-8-24(32-28)21-5-6-25(22(18-21)19-29)37-23-9-14-36-15-10-23/h4-8,11,16,18,23,31H,9-10,12-15,17H2,1-3H3. The van der Waals surface area contributed by atoms with Crippen molar-refractivity contribution in [2.24, 2.45) is 0 Å².